The van der Waals surface area contributed by atoms with Crippen LogP contribution in [0, 0.1) is 12.3 Å². The molecule has 102 valence electrons. The number of carbonyl (C=O) groups excluding carboxylic acids is 2. The lowest BCUT2D eigenvalue weighted by molar-refractivity contribution is -0.151. The number of benzene rings is 1. The van der Waals surface area contributed by atoms with E-state index in [4.69, 9.17) is 16.3 Å². The van der Waals surface area contributed by atoms with Crippen molar-refractivity contribution in [2.75, 3.05) is 18.6 Å². The van der Waals surface area contributed by atoms with E-state index in [-0.39, 0.29) is 18.3 Å². The molecule has 0 bridgehead atoms. The minimum absolute atomic E-state index is 0.0884. The third-order valence-corrected chi connectivity index (χ3v) is 3.58. The molecule has 0 aromatic heterocycles. The molecule has 1 heterocycles. The molecule has 1 fully saturated rings. The number of ether oxygens (including phenoxy) is 1. The van der Waals surface area contributed by atoms with Crippen LogP contribution in [0.2, 0.25) is 5.02 Å². The third-order valence-electron chi connectivity index (χ3n) is 3.37. The molecular formula is C14H16ClNO3. The van der Waals surface area contributed by atoms with Crippen LogP contribution in [0.25, 0.3) is 0 Å². The molecule has 1 saturated heterocycles. The molecule has 0 N–H and O–H groups in total. The molecule has 1 aliphatic rings. The van der Waals surface area contributed by atoms with Crippen LogP contribution in [0.3, 0.4) is 0 Å². The van der Waals surface area contributed by atoms with Gasteiger partial charge in [-0.3, -0.25) is 9.59 Å². The number of rotatable bonds is 2. The summed E-state index contributed by atoms with van der Waals surface area (Å²) in [5, 5.41) is 0.578. The van der Waals surface area contributed by atoms with Gasteiger partial charge in [-0.05, 0) is 37.6 Å². The molecule has 0 spiro atoms. The zero-order valence-corrected chi connectivity index (χ0v) is 12.0. The maximum absolute atomic E-state index is 12.1. The number of hydrogen-bond acceptors (Lipinski definition) is 3. The Morgan fingerprint density at radius 2 is 2.11 bits per heavy atom. The first-order chi connectivity index (χ1) is 8.85. The van der Waals surface area contributed by atoms with Crippen molar-refractivity contribution in [3.8, 4) is 0 Å². The molecule has 4 nitrogen and oxygen atoms in total. The maximum Gasteiger partial charge on any atom is 0.313 e. The third kappa shape index (κ3) is 2.59. The van der Waals surface area contributed by atoms with Crippen molar-refractivity contribution < 1.29 is 14.3 Å². The highest BCUT2D eigenvalue weighted by atomic mass is 35.5. The molecular weight excluding hydrogens is 266 g/mol. The van der Waals surface area contributed by atoms with Crippen molar-refractivity contribution in [2.24, 2.45) is 5.41 Å². The van der Waals surface area contributed by atoms with Crippen LogP contribution < -0.4 is 4.90 Å². The van der Waals surface area contributed by atoms with Crippen molar-refractivity contribution in [1.82, 2.24) is 0 Å². The van der Waals surface area contributed by atoms with E-state index in [0.717, 1.165) is 11.3 Å². The molecule has 19 heavy (non-hydrogen) atoms. The van der Waals surface area contributed by atoms with Gasteiger partial charge >= 0.3 is 5.97 Å². The lowest BCUT2D eigenvalue weighted by atomic mass is 9.90. The predicted octanol–water partition coefficient (Wildman–Crippen LogP) is 2.56. The standard InChI is InChI=1S/C14H16ClNO3/c1-9-4-10(15)6-11(5-9)16-8-14(2,7-12(16)17)13(18)19-3/h4-6H,7-8H2,1-3H3. The topological polar surface area (TPSA) is 46.6 Å². The SMILES string of the molecule is COC(=O)C1(C)CC(=O)N(c2cc(C)cc(Cl)c2)C1. The molecule has 0 aliphatic carbocycles. The Labute approximate surface area is 117 Å². The van der Waals surface area contributed by atoms with Crippen molar-refractivity contribution in [2.45, 2.75) is 20.3 Å². The van der Waals surface area contributed by atoms with Crippen molar-refractivity contribution >= 4 is 29.2 Å². The number of aryl methyl sites for hydroxylation is 1. The van der Waals surface area contributed by atoms with Gasteiger partial charge in [0.15, 0.2) is 0 Å². The number of nitrogens with zero attached hydrogens (tertiary/aromatic N) is 1. The highest BCUT2D eigenvalue weighted by molar-refractivity contribution is 6.31. The number of halogens is 1. The van der Waals surface area contributed by atoms with E-state index in [9.17, 15) is 9.59 Å². The minimum Gasteiger partial charge on any atom is -0.469 e. The number of esters is 1. The van der Waals surface area contributed by atoms with E-state index in [1.54, 1.807) is 17.9 Å². The molecule has 1 amide bonds. The van der Waals surface area contributed by atoms with Crippen LogP contribution in [0.15, 0.2) is 18.2 Å². The second-order valence-corrected chi connectivity index (χ2v) is 5.63. The summed E-state index contributed by atoms with van der Waals surface area (Å²) in [5.41, 5.74) is 0.909. The molecule has 1 aromatic rings. The summed E-state index contributed by atoms with van der Waals surface area (Å²) in [4.78, 5) is 25.5. The van der Waals surface area contributed by atoms with Crippen LogP contribution in [0.4, 0.5) is 5.69 Å². The van der Waals surface area contributed by atoms with Gasteiger partial charge in [-0.25, -0.2) is 0 Å². The Morgan fingerprint density at radius 3 is 2.68 bits per heavy atom. The number of carbonyl (C=O) groups is 2. The van der Waals surface area contributed by atoms with E-state index in [0.29, 0.717) is 11.6 Å². The second-order valence-electron chi connectivity index (χ2n) is 5.20. The Kier molecular flexibility index (Phi) is 3.54. The first-order valence-electron chi connectivity index (χ1n) is 6.02. The van der Waals surface area contributed by atoms with Crippen molar-refractivity contribution in [3.05, 3.63) is 28.8 Å². The molecule has 0 radical (unpaired) electrons. The fraction of sp³-hybridized carbons (Fsp3) is 0.429. The quantitative estimate of drug-likeness (QED) is 0.783. The summed E-state index contributed by atoms with van der Waals surface area (Å²) in [7, 11) is 1.34. The normalized spacial score (nSPS) is 22.7. The smallest absolute Gasteiger partial charge is 0.313 e. The van der Waals surface area contributed by atoms with E-state index in [2.05, 4.69) is 0 Å². The average molecular weight is 282 g/mol. The molecule has 1 aliphatic heterocycles. The van der Waals surface area contributed by atoms with E-state index < -0.39 is 5.41 Å². The zero-order chi connectivity index (χ0) is 14.2. The molecule has 0 saturated carbocycles. The van der Waals surface area contributed by atoms with Gasteiger partial charge in [0.25, 0.3) is 0 Å². The Bertz CT molecular complexity index is 523. The molecule has 5 heteroatoms. The first kappa shape index (κ1) is 13.9. The Morgan fingerprint density at radius 1 is 1.42 bits per heavy atom. The average Bonchev–Trinajstić information content (AvgIpc) is 2.64. The second kappa shape index (κ2) is 4.85. The van der Waals surface area contributed by atoms with Gasteiger partial charge in [-0.15, -0.1) is 0 Å². The summed E-state index contributed by atoms with van der Waals surface area (Å²) < 4.78 is 4.77. The Balaban J connectivity index is 2.32. The van der Waals surface area contributed by atoms with Gasteiger partial charge in [0, 0.05) is 23.7 Å². The summed E-state index contributed by atoms with van der Waals surface area (Å²) in [6.45, 7) is 3.97. The number of anilines is 1. The molecule has 1 unspecified atom stereocenters. The van der Waals surface area contributed by atoms with Crippen molar-refractivity contribution in [1.29, 1.82) is 0 Å². The van der Waals surface area contributed by atoms with E-state index in [1.807, 2.05) is 19.1 Å². The van der Waals surface area contributed by atoms with Gasteiger partial charge in [0.1, 0.15) is 0 Å². The lowest BCUT2D eigenvalue weighted by Gasteiger charge is -2.21. The van der Waals surface area contributed by atoms with Crippen LogP contribution in [0.5, 0.6) is 0 Å². The highest BCUT2D eigenvalue weighted by Crippen LogP contribution is 2.36. The predicted molar refractivity (Wildman–Crippen MR) is 73.3 cm³/mol. The lowest BCUT2D eigenvalue weighted by Crippen LogP contribution is -2.33. The monoisotopic (exact) mass is 281 g/mol. The summed E-state index contributed by atoms with van der Waals surface area (Å²) in [5.74, 6) is -0.448. The fourth-order valence-electron chi connectivity index (χ4n) is 2.41. The Hall–Kier alpha value is -1.55. The van der Waals surface area contributed by atoms with Gasteiger partial charge in [0.05, 0.1) is 12.5 Å². The van der Waals surface area contributed by atoms with Crippen LogP contribution in [0.1, 0.15) is 18.9 Å². The summed E-state index contributed by atoms with van der Waals surface area (Å²) in [6.07, 6.45) is 0.158. The molecule has 2 rings (SSSR count). The van der Waals surface area contributed by atoms with Gasteiger partial charge in [-0.2, -0.15) is 0 Å². The largest absolute Gasteiger partial charge is 0.469 e. The van der Waals surface area contributed by atoms with Crippen LogP contribution >= 0.6 is 11.6 Å². The van der Waals surface area contributed by atoms with Crippen LogP contribution in [-0.4, -0.2) is 25.5 Å². The maximum atomic E-state index is 12.1. The number of amides is 1. The van der Waals surface area contributed by atoms with Crippen molar-refractivity contribution in [3.63, 3.8) is 0 Å². The van der Waals surface area contributed by atoms with E-state index in [1.165, 1.54) is 7.11 Å². The van der Waals surface area contributed by atoms with Gasteiger partial charge in [-0.1, -0.05) is 11.6 Å². The van der Waals surface area contributed by atoms with Crippen LogP contribution in [-0.2, 0) is 14.3 Å². The van der Waals surface area contributed by atoms with Gasteiger partial charge in [0.2, 0.25) is 5.91 Å². The molecule has 1 aromatic carbocycles. The van der Waals surface area contributed by atoms with E-state index >= 15 is 0 Å². The first-order valence-corrected chi connectivity index (χ1v) is 6.39. The zero-order valence-electron chi connectivity index (χ0n) is 11.2. The molecule has 1 atom stereocenters. The summed E-state index contributed by atoms with van der Waals surface area (Å²) >= 11 is 6.01. The number of hydrogen-bond donors (Lipinski definition) is 0. The minimum atomic E-state index is -0.790. The fourth-order valence-corrected chi connectivity index (χ4v) is 2.70. The highest BCUT2D eigenvalue weighted by Gasteiger charge is 2.46. The van der Waals surface area contributed by atoms with Gasteiger partial charge < -0.3 is 9.64 Å². The number of methoxy groups -OCH3 is 1. The summed E-state index contributed by atoms with van der Waals surface area (Å²) in [6, 6.07) is 5.44.